The summed E-state index contributed by atoms with van der Waals surface area (Å²) in [7, 11) is 0. The summed E-state index contributed by atoms with van der Waals surface area (Å²) in [6.45, 7) is 0. The number of nitriles is 2. The van der Waals surface area contributed by atoms with Crippen molar-refractivity contribution in [2.75, 3.05) is 0 Å². The van der Waals surface area contributed by atoms with Gasteiger partial charge in [0.2, 0.25) is 0 Å². The molecule has 0 fully saturated rings. The molecule has 0 radical (unpaired) electrons. The Labute approximate surface area is 360 Å². The highest BCUT2D eigenvalue weighted by atomic mass is 19.4. The lowest BCUT2D eigenvalue weighted by Crippen LogP contribution is -2.11. The van der Waals surface area contributed by atoms with Crippen LogP contribution in [-0.4, -0.2) is 9.13 Å². The standard InChI is InChI=1S/C56H33F3N4/c57-56(58,59)48-27-35(33-60)19-23-44(48)55-53(62-49-18-10-17-43(49)45-30-40(20-24-50(45)62)37-11-4-1-5-12-37)28-36(34-61)29-54(55)63-51-25-21-41(38-13-6-2-7-14-38)31-46(51)47-32-42(22-26-52(47)63)39-15-8-3-9-16-39/h1-16,18-32H,17H2. The molecule has 0 saturated carbocycles. The average molecular weight is 819 g/mol. The van der Waals surface area contributed by atoms with Crippen molar-refractivity contribution >= 4 is 38.8 Å². The van der Waals surface area contributed by atoms with Gasteiger partial charge in [0.1, 0.15) is 0 Å². The van der Waals surface area contributed by atoms with E-state index in [4.69, 9.17) is 0 Å². The van der Waals surface area contributed by atoms with Gasteiger partial charge in [0.25, 0.3) is 0 Å². The van der Waals surface area contributed by atoms with Crippen molar-refractivity contribution in [3.8, 4) is 68.0 Å². The monoisotopic (exact) mass is 818 g/mol. The highest BCUT2D eigenvalue weighted by Crippen LogP contribution is 2.48. The molecule has 0 bridgehead atoms. The van der Waals surface area contributed by atoms with Crippen LogP contribution in [0.15, 0.2) is 182 Å². The Balaban J connectivity index is 1.28. The molecular formula is C56H33F3N4. The molecule has 1 aliphatic carbocycles. The Morgan fingerprint density at radius 2 is 0.937 bits per heavy atom. The molecule has 4 nitrogen and oxygen atoms in total. The summed E-state index contributed by atoms with van der Waals surface area (Å²) >= 11 is 0. The van der Waals surface area contributed by atoms with Gasteiger partial charge in [0.05, 0.1) is 62.4 Å². The van der Waals surface area contributed by atoms with Crippen molar-refractivity contribution in [2.45, 2.75) is 12.6 Å². The Hall–Kier alpha value is -8.39. The molecule has 10 aromatic rings. The average Bonchev–Trinajstić information content (AvgIpc) is 4.02. The molecule has 0 spiro atoms. The second kappa shape index (κ2) is 14.7. The number of alkyl halides is 3. The Kier molecular flexibility index (Phi) is 8.75. The molecule has 1 aliphatic rings. The first-order valence-electron chi connectivity index (χ1n) is 20.6. The molecule has 11 rings (SSSR count). The van der Waals surface area contributed by atoms with Gasteiger partial charge in [-0.15, -0.1) is 0 Å². The van der Waals surface area contributed by atoms with Crippen molar-refractivity contribution in [1.29, 1.82) is 10.5 Å². The number of benzene rings is 8. The fourth-order valence-corrected chi connectivity index (χ4v) is 9.40. The fourth-order valence-electron chi connectivity index (χ4n) is 9.40. The van der Waals surface area contributed by atoms with E-state index in [0.29, 0.717) is 17.8 Å². The predicted octanol–water partition coefficient (Wildman–Crippen LogP) is 14.7. The van der Waals surface area contributed by atoms with Gasteiger partial charge >= 0.3 is 6.18 Å². The molecule has 8 aromatic carbocycles. The minimum Gasteiger partial charge on any atom is -0.309 e. The van der Waals surface area contributed by atoms with Crippen LogP contribution in [0.4, 0.5) is 13.2 Å². The molecule has 63 heavy (non-hydrogen) atoms. The molecule has 2 heterocycles. The number of nitrogens with zero attached hydrogens (tertiary/aromatic N) is 4. The molecule has 0 atom stereocenters. The number of fused-ring (bicyclic) bond motifs is 6. The van der Waals surface area contributed by atoms with Gasteiger partial charge in [0, 0.05) is 21.7 Å². The molecule has 0 amide bonds. The van der Waals surface area contributed by atoms with Crippen molar-refractivity contribution in [1.82, 2.24) is 9.13 Å². The van der Waals surface area contributed by atoms with E-state index in [0.717, 1.165) is 83.4 Å². The molecule has 0 saturated heterocycles. The largest absolute Gasteiger partial charge is 0.417 e. The predicted molar refractivity (Wildman–Crippen MR) is 247 cm³/mol. The summed E-state index contributed by atoms with van der Waals surface area (Å²) in [5.41, 5.74) is 10.5. The van der Waals surface area contributed by atoms with Crippen molar-refractivity contribution in [3.63, 3.8) is 0 Å². The van der Waals surface area contributed by atoms with Crippen molar-refractivity contribution in [3.05, 3.63) is 210 Å². The third-order valence-electron chi connectivity index (χ3n) is 12.2. The Morgan fingerprint density at radius 1 is 0.460 bits per heavy atom. The second-order valence-corrected chi connectivity index (χ2v) is 15.8. The van der Waals surface area contributed by atoms with Crippen LogP contribution in [0.2, 0.25) is 0 Å². The van der Waals surface area contributed by atoms with E-state index in [1.807, 2.05) is 112 Å². The summed E-state index contributed by atoms with van der Waals surface area (Å²) in [4.78, 5) is 0. The van der Waals surface area contributed by atoms with Crippen LogP contribution in [0.5, 0.6) is 0 Å². The summed E-state index contributed by atoms with van der Waals surface area (Å²) in [5.74, 6) is 0. The molecule has 0 unspecified atom stereocenters. The number of aromatic nitrogens is 2. The maximum atomic E-state index is 15.6. The maximum absolute atomic E-state index is 15.6. The summed E-state index contributed by atoms with van der Waals surface area (Å²) in [5, 5.41) is 23.5. The Bertz CT molecular complexity index is 3490. The highest BCUT2D eigenvalue weighted by Gasteiger charge is 2.36. The number of allylic oxidation sites excluding steroid dienone is 1. The van der Waals surface area contributed by atoms with Gasteiger partial charge < -0.3 is 9.13 Å². The van der Waals surface area contributed by atoms with Gasteiger partial charge in [-0.2, -0.15) is 23.7 Å². The van der Waals surface area contributed by atoms with Gasteiger partial charge in [-0.05, 0) is 118 Å². The molecule has 7 heteroatoms. The summed E-state index contributed by atoms with van der Waals surface area (Å²) in [6, 6.07) is 60.2. The molecule has 0 aliphatic heterocycles. The number of hydrogen-bond donors (Lipinski definition) is 0. The number of rotatable bonds is 6. The lowest BCUT2D eigenvalue weighted by atomic mass is 9.92. The molecule has 2 aromatic heterocycles. The zero-order valence-corrected chi connectivity index (χ0v) is 33.5. The van der Waals surface area contributed by atoms with Crippen LogP contribution >= 0.6 is 0 Å². The van der Waals surface area contributed by atoms with Crippen LogP contribution in [0, 0.1) is 22.7 Å². The minimum atomic E-state index is -4.83. The van der Waals surface area contributed by atoms with Crippen LogP contribution in [0.3, 0.4) is 0 Å². The lowest BCUT2D eigenvalue weighted by Gasteiger charge is -2.23. The number of hydrogen-bond acceptors (Lipinski definition) is 2. The van der Waals surface area contributed by atoms with Crippen molar-refractivity contribution in [2.24, 2.45) is 0 Å². The van der Waals surface area contributed by atoms with Gasteiger partial charge in [-0.3, -0.25) is 0 Å². The third-order valence-corrected chi connectivity index (χ3v) is 12.2. The maximum Gasteiger partial charge on any atom is 0.417 e. The summed E-state index contributed by atoms with van der Waals surface area (Å²) < 4.78 is 50.7. The minimum absolute atomic E-state index is 0.105. The van der Waals surface area contributed by atoms with Crippen LogP contribution in [0.1, 0.15) is 27.9 Å². The van der Waals surface area contributed by atoms with Crippen LogP contribution in [-0.2, 0) is 12.6 Å². The first-order valence-corrected chi connectivity index (χ1v) is 20.6. The van der Waals surface area contributed by atoms with E-state index < -0.39 is 11.7 Å². The highest BCUT2D eigenvalue weighted by molar-refractivity contribution is 6.12. The number of halogens is 3. The van der Waals surface area contributed by atoms with Gasteiger partial charge in [-0.1, -0.05) is 121 Å². The third kappa shape index (κ3) is 6.21. The molecular weight excluding hydrogens is 786 g/mol. The SMILES string of the molecule is N#Cc1cc(-n2c3c(c4cc(-c5ccccc5)ccc42)CC=C3)c(-c2ccc(C#N)cc2C(F)(F)F)c(-n2c3ccc(-c4ccccc4)cc3c3cc(-c4ccccc4)ccc32)c1. The van der Waals surface area contributed by atoms with Crippen LogP contribution < -0.4 is 0 Å². The van der Waals surface area contributed by atoms with E-state index in [1.165, 1.54) is 12.1 Å². The first-order chi connectivity index (χ1) is 30.8. The molecule has 298 valence electrons. The first kappa shape index (κ1) is 37.6. The summed E-state index contributed by atoms with van der Waals surface area (Å²) in [6.07, 6.45) is -0.108. The smallest absolute Gasteiger partial charge is 0.309 e. The van der Waals surface area contributed by atoms with E-state index in [-0.39, 0.29) is 22.3 Å². The zero-order chi connectivity index (χ0) is 42.8. The van der Waals surface area contributed by atoms with E-state index in [1.54, 1.807) is 12.1 Å². The Morgan fingerprint density at radius 3 is 1.43 bits per heavy atom. The quantitative estimate of drug-likeness (QED) is 0.168. The lowest BCUT2D eigenvalue weighted by molar-refractivity contribution is -0.137. The van der Waals surface area contributed by atoms with E-state index in [9.17, 15) is 10.5 Å². The second-order valence-electron chi connectivity index (χ2n) is 15.8. The van der Waals surface area contributed by atoms with Gasteiger partial charge in [-0.25, -0.2) is 0 Å². The van der Waals surface area contributed by atoms with Crippen molar-refractivity contribution < 1.29 is 13.2 Å². The van der Waals surface area contributed by atoms with E-state index in [2.05, 4.69) is 66.7 Å². The van der Waals surface area contributed by atoms with E-state index >= 15 is 13.2 Å². The normalized spacial score (nSPS) is 12.2. The topological polar surface area (TPSA) is 57.4 Å². The van der Waals surface area contributed by atoms with Gasteiger partial charge in [0.15, 0.2) is 0 Å². The fraction of sp³-hybridized carbons (Fsp3) is 0.0357. The molecule has 0 N–H and O–H groups in total. The zero-order valence-electron chi connectivity index (χ0n) is 33.5. The van der Waals surface area contributed by atoms with Crippen LogP contribution in [0.25, 0.3) is 94.7 Å².